The highest BCUT2D eigenvalue weighted by atomic mass is 16.5. The lowest BCUT2D eigenvalue weighted by molar-refractivity contribution is -0.0985. The topological polar surface area (TPSA) is 21.7 Å². The predicted octanol–water partition coefficient (Wildman–Crippen LogP) is 9.42. The fourth-order valence-electron chi connectivity index (χ4n) is 13.0. The Morgan fingerprint density at radius 1 is 0.463 bits per heavy atom. The number of hydrogen-bond acceptors (Lipinski definition) is 3. The summed E-state index contributed by atoms with van der Waals surface area (Å²) in [7, 11) is 3.85. The summed E-state index contributed by atoms with van der Waals surface area (Å²) < 4.78 is 11.5. The van der Waals surface area contributed by atoms with Crippen molar-refractivity contribution in [2.24, 2.45) is 47.3 Å². The first-order valence-electron chi connectivity index (χ1n) is 19.0. The van der Waals surface area contributed by atoms with Gasteiger partial charge in [0.2, 0.25) is 0 Å². The lowest BCUT2D eigenvalue weighted by Gasteiger charge is -2.59. The molecule has 234 valence electrons. The van der Waals surface area contributed by atoms with E-state index in [1.54, 1.807) is 70.6 Å². The molecule has 3 heteroatoms. The molecule has 0 aromatic carbocycles. The fraction of sp³-hybridized carbons (Fsp3) is 1.00. The van der Waals surface area contributed by atoms with Crippen LogP contribution in [0.2, 0.25) is 0 Å². The van der Waals surface area contributed by atoms with Gasteiger partial charge in [-0.3, -0.25) is 4.90 Å². The number of nitrogens with zero attached hydrogens (tertiary/aromatic N) is 1. The molecule has 7 fully saturated rings. The molecule has 0 aliphatic heterocycles. The molecular weight excluding hydrogens is 502 g/mol. The van der Waals surface area contributed by atoms with Crippen LogP contribution in [0.4, 0.5) is 0 Å². The van der Waals surface area contributed by atoms with Crippen LogP contribution in [0.5, 0.6) is 0 Å². The van der Waals surface area contributed by atoms with E-state index in [9.17, 15) is 0 Å². The fourth-order valence-corrected chi connectivity index (χ4v) is 13.0. The Hall–Kier alpha value is -0.120. The van der Waals surface area contributed by atoms with Crippen molar-refractivity contribution >= 4 is 0 Å². The SMILES string of the molecule is COC1CCC(N(C2CCC(CCC3CCC4CCC5CCCC6CCC3C4C56)CC2)C2CCC(OC)CC2)CC1. The molecule has 0 amide bonds. The summed E-state index contributed by atoms with van der Waals surface area (Å²) in [6.45, 7) is 0. The van der Waals surface area contributed by atoms with Gasteiger partial charge in [0, 0.05) is 32.3 Å². The molecule has 0 aromatic rings. The Morgan fingerprint density at radius 3 is 1.51 bits per heavy atom. The van der Waals surface area contributed by atoms with Crippen LogP contribution in [0, 0.1) is 47.3 Å². The van der Waals surface area contributed by atoms with Crippen LogP contribution in [-0.4, -0.2) is 49.5 Å². The molecule has 7 unspecified atom stereocenters. The van der Waals surface area contributed by atoms with E-state index in [1.807, 2.05) is 14.2 Å². The van der Waals surface area contributed by atoms with Crippen molar-refractivity contribution in [3.8, 4) is 0 Å². The molecular formula is C38H65NO2. The zero-order valence-electron chi connectivity index (χ0n) is 27.0. The maximum atomic E-state index is 5.77. The normalized spacial score (nSPS) is 48.5. The minimum atomic E-state index is 0.510. The third kappa shape index (κ3) is 6.22. The number of rotatable bonds is 8. The largest absolute Gasteiger partial charge is 0.381 e. The molecule has 7 aliphatic rings. The van der Waals surface area contributed by atoms with Crippen molar-refractivity contribution in [2.45, 2.75) is 178 Å². The van der Waals surface area contributed by atoms with E-state index in [0.717, 1.165) is 65.5 Å². The lowest BCUT2D eigenvalue weighted by atomic mass is 9.46. The van der Waals surface area contributed by atoms with Gasteiger partial charge in [-0.1, -0.05) is 25.7 Å². The smallest absolute Gasteiger partial charge is 0.0572 e. The Bertz CT molecular complexity index is 777. The Balaban J connectivity index is 0.937. The minimum Gasteiger partial charge on any atom is -0.381 e. The molecule has 7 rings (SSSR count). The predicted molar refractivity (Wildman–Crippen MR) is 169 cm³/mol. The van der Waals surface area contributed by atoms with Gasteiger partial charge in [-0.05, 0) is 169 Å². The van der Waals surface area contributed by atoms with E-state index in [2.05, 4.69) is 4.90 Å². The third-order valence-corrected chi connectivity index (χ3v) is 15.0. The minimum absolute atomic E-state index is 0.510. The van der Waals surface area contributed by atoms with Gasteiger partial charge in [0.15, 0.2) is 0 Å². The highest BCUT2D eigenvalue weighted by molar-refractivity contribution is 5.02. The van der Waals surface area contributed by atoms with Gasteiger partial charge < -0.3 is 9.47 Å². The van der Waals surface area contributed by atoms with E-state index in [1.165, 1.54) is 77.0 Å². The molecule has 0 N–H and O–H groups in total. The Morgan fingerprint density at radius 2 is 0.951 bits per heavy atom. The first-order valence-corrected chi connectivity index (χ1v) is 19.0. The Labute approximate surface area is 253 Å². The molecule has 3 nitrogen and oxygen atoms in total. The van der Waals surface area contributed by atoms with E-state index in [0.29, 0.717) is 12.2 Å². The van der Waals surface area contributed by atoms with Crippen molar-refractivity contribution in [1.82, 2.24) is 4.90 Å². The molecule has 41 heavy (non-hydrogen) atoms. The summed E-state index contributed by atoms with van der Waals surface area (Å²) in [6.07, 6.45) is 35.0. The third-order valence-electron chi connectivity index (χ3n) is 15.0. The summed E-state index contributed by atoms with van der Waals surface area (Å²) in [6, 6.07) is 2.45. The summed E-state index contributed by atoms with van der Waals surface area (Å²) >= 11 is 0. The first-order chi connectivity index (χ1) is 20.2. The molecule has 0 heterocycles. The maximum absolute atomic E-state index is 5.77. The van der Waals surface area contributed by atoms with Gasteiger partial charge in [-0.25, -0.2) is 0 Å². The molecule has 7 atom stereocenters. The maximum Gasteiger partial charge on any atom is 0.0572 e. The van der Waals surface area contributed by atoms with Gasteiger partial charge in [-0.2, -0.15) is 0 Å². The average molecular weight is 568 g/mol. The lowest BCUT2D eigenvalue weighted by Crippen LogP contribution is -2.53. The van der Waals surface area contributed by atoms with Gasteiger partial charge >= 0.3 is 0 Å². The average Bonchev–Trinajstić information content (AvgIpc) is 3.04. The van der Waals surface area contributed by atoms with Crippen LogP contribution in [0.15, 0.2) is 0 Å². The second-order valence-corrected chi connectivity index (χ2v) is 16.6. The quantitative estimate of drug-likeness (QED) is 0.292. The van der Waals surface area contributed by atoms with Crippen molar-refractivity contribution in [2.75, 3.05) is 14.2 Å². The molecule has 0 aromatic heterocycles. The zero-order chi connectivity index (χ0) is 27.8. The van der Waals surface area contributed by atoms with Gasteiger partial charge in [-0.15, -0.1) is 0 Å². The van der Waals surface area contributed by atoms with Gasteiger partial charge in [0.1, 0.15) is 0 Å². The zero-order valence-corrected chi connectivity index (χ0v) is 27.0. The van der Waals surface area contributed by atoms with Crippen LogP contribution in [0.25, 0.3) is 0 Å². The highest BCUT2D eigenvalue weighted by Gasteiger charge is 2.53. The molecule has 0 spiro atoms. The van der Waals surface area contributed by atoms with Crippen molar-refractivity contribution in [3.05, 3.63) is 0 Å². The van der Waals surface area contributed by atoms with Crippen LogP contribution >= 0.6 is 0 Å². The second-order valence-electron chi connectivity index (χ2n) is 16.6. The van der Waals surface area contributed by atoms with E-state index in [-0.39, 0.29) is 0 Å². The highest BCUT2D eigenvalue weighted by Crippen LogP contribution is 2.61. The molecule has 0 radical (unpaired) electrons. The van der Waals surface area contributed by atoms with Gasteiger partial charge in [0.25, 0.3) is 0 Å². The number of hydrogen-bond donors (Lipinski definition) is 0. The van der Waals surface area contributed by atoms with Crippen molar-refractivity contribution in [3.63, 3.8) is 0 Å². The van der Waals surface area contributed by atoms with Gasteiger partial charge in [0.05, 0.1) is 12.2 Å². The van der Waals surface area contributed by atoms with Crippen LogP contribution in [0.3, 0.4) is 0 Å². The van der Waals surface area contributed by atoms with E-state index < -0.39 is 0 Å². The summed E-state index contributed by atoms with van der Waals surface area (Å²) in [5.74, 6) is 8.90. The molecule has 7 aliphatic carbocycles. The van der Waals surface area contributed by atoms with Crippen molar-refractivity contribution < 1.29 is 9.47 Å². The van der Waals surface area contributed by atoms with Crippen LogP contribution in [0.1, 0.15) is 148 Å². The Kier molecular flexibility index (Phi) is 9.72. The van der Waals surface area contributed by atoms with Crippen LogP contribution < -0.4 is 0 Å². The number of ether oxygens (including phenoxy) is 2. The summed E-state index contributed by atoms with van der Waals surface area (Å²) in [5, 5.41) is 0. The summed E-state index contributed by atoms with van der Waals surface area (Å²) in [4.78, 5) is 3.12. The van der Waals surface area contributed by atoms with Crippen LogP contribution in [-0.2, 0) is 9.47 Å². The summed E-state index contributed by atoms with van der Waals surface area (Å²) in [5.41, 5.74) is 0. The molecule has 7 saturated carbocycles. The second kappa shape index (κ2) is 13.5. The van der Waals surface area contributed by atoms with E-state index >= 15 is 0 Å². The molecule has 0 saturated heterocycles. The molecule has 0 bridgehead atoms. The van der Waals surface area contributed by atoms with Crippen molar-refractivity contribution in [1.29, 1.82) is 0 Å². The monoisotopic (exact) mass is 568 g/mol. The number of methoxy groups -OCH3 is 2. The first kappa shape index (κ1) is 29.6. The van der Waals surface area contributed by atoms with E-state index in [4.69, 9.17) is 9.47 Å². The standard InChI is InChI=1S/C38H65NO2/c1-40-34-21-17-32(18-22-34)39(33-19-23-35(41-2)24-20-33)31-15-7-26(8-16-31)6-9-27-10-11-30-13-12-28-4-3-5-29-14-25-36(27)38(30)37(28)29/h26-38H,3-25H2,1-2H3.